The van der Waals surface area contributed by atoms with Crippen molar-refractivity contribution in [2.24, 2.45) is 11.5 Å². The van der Waals surface area contributed by atoms with Crippen molar-refractivity contribution in [3.8, 4) is 0 Å². The van der Waals surface area contributed by atoms with Crippen molar-refractivity contribution in [3.05, 3.63) is 34.8 Å². The summed E-state index contributed by atoms with van der Waals surface area (Å²) in [6.45, 7) is 5.82. The van der Waals surface area contributed by atoms with Crippen molar-refractivity contribution in [1.82, 2.24) is 16.0 Å². The molecule has 6 aliphatic rings. The third-order valence-corrected chi connectivity index (χ3v) is 16.7. The van der Waals surface area contributed by atoms with E-state index in [1.807, 2.05) is 19.9 Å². The molecule has 0 aromatic heterocycles. The lowest BCUT2D eigenvalue weighted by Gasteiger charge is -2.52. The van der Waals surface area contributed by atoms with E-state index in [1.165, 1.54) is 6.92 Å². The lowest BCUT2D eigenvalue weighted by molar-refractivity contribution is -0.375. The molecule has 20 N–H and O–H groups in total. The molecule has 94 heavy (non-hydrogen) atoms. The summed E-state index contributed by atoms with van der Waals surface area (Å²) in [5, 5.41) is 138. The lowest BCUT2D eigenvalue weighted by Crippen LogP contribution is -2.72. The number of nitrogens with one attached hydrogen (secondary N) is 3. The molecular formula is C54H84N5O34P. The molecule has 534 valence electrons. The number of aliphatic hydroxyl groups excluding tert-OH is 10. The van der Waals surface area contributed by atoms with Crippen LogP contribution in [0.25, 0.3) is 0 Å². The van der Waals surface area contributed by atoms with Crippen LogP contribution in [0.5, 0.6) is 0 Å². The standard InChI is InChI=1S/C54H84N5O34P/c1-18(2)9-8-10-19(3)13-14-81-27(47(75)76)17-83-94(79,80)93-52-42(43(92-53(56)77)54(7,78)44(91-52)45(55)73)90-49-30(58-22(6)62)33(67)40(26(86-49)16-82-50-37(71)34(68)31(65)25(15-60)85-50)88-48-29(57-21(5)61)32(66)39(20(4)84-48)87-51-38(72)35(69)36(70)41(89-51)46(74)59-28-23(63)11-12-24(28)64/h9,13,20,25-27,29-44,48-52,60,63,65-72,78H,8,10-12,14-17H2,1-7H3,(H2,55,73)(H2,56,77)(H,57,61)(H,58,62)(H,59,74)(H,75,76)(H,79,80)/b19-13-/t20?,25?,26?,27-,29?,30?,31+,32-,33-,34+,35+,36-,37?,38?,39+,40+,41?,42?,43-,44?,48+,49+,50-,51-,52+,54+/m1/s1. The third-order valence-electron chi connectivity index (χ3n) is 15.8. The Morgan fingerprint density at radius 3 is 1.86 bits per heavy atom. The number of allylic oxidation sites excluding steroid dienone is 5. The molecule has 5 saturated heterocycles. The molecule has 0 spiro atoms. The summed E-state index contributed by atoms with van der Waals surface area (Å²) >= 11 is 0. The first-order valence-electron chi connectivity index (χ1n) is 29.4. The van der Waals surface area contributed by atoms with Crippen molar-refractivity contribution >= 4 is 49.3 Å². The normalized spacial score (nSPS) is 39.0. The fourth-order valence-corrected chi connectivity index (χ4v) is 11.6. The zero-order chi connectivity index (χ0) is 70.2. The van der Waals surface area contributed by atoms with E-state index in [-0.39, 0.29) is 19.4 Å². The Morgan fingerprint density at radius 2 is 1.30 bits per heavy atom. The highest BCUT2D eigenvalue weighted by atomic mass is 31.2. The van der Waals surface area contributed by atoms with Crippen LogP contribution in [0.1, 0.15) is 74.1 Å². The maximum atomic E-state index is 13.9. The SMILES string of the molecule is CC(=O)NC1[C@H](O[C@H]2C(CO[C@@H]3OC(CO)[C@H](O)[C@H](O)C3O)O[C@@H](OC3[C@H](OP(=O)(O)OC[C@@H](OC/C=C(/C)CCC=C(C)C)C(=O)O)OC(C(N)=O)[C@@](C)(O)[C@@H]3OC(N)=O)C(NC(C)=O)[C@H]2O)OC(C)[C@H](O[C@@H]2OC(C(=O)NC3=C(O)CCC3=O)[C@H](O)[C@H](O)C2O)[C@@H]1O. The topological polar surface area (TPSA) is 608 Å². The first-order valence-corrected chi connectivity index (χ1v) is 30.9. The van der Waals surface area contributed by atoms with Gasteiger partial charge in [0, 0.05) is 26.7 Å². The van der Waals surface area contributed by atoms with Crippen LogP contribution in [0.15, 0.2) is 34.8 Å². The van der Waals surface area contributed by atoms with E-state index in [0.717, 1.165) is 31.9 Å². The Bertz CT molecular complexity index is 2830. The first kappa shape index (κ1) is 77.6. The minimum Gasteiger partial charge on any atom is -0.510 e. The number of nitrogens with two attached hydrogens (primary N) is 2. The smallest absolute Gasteiger partial charge is 0.474 e. The minimum atomic E-state index is -5.81. The second-order valence-corrected chi connectivity index (χ2v) is 24.8. The van der Waals surface area contributed by atoms with Gasteiger partial charge in [0.2, 0.25) is 17.7 Å². The predicted molar refractivity (Wildman–Crippen MR) is 303 cm³/mol. The maximum absolute atomic E-state index is 13.9. The Balaban J connectivity index is 1.34. The van der Waals surface area contributed by atoms with Crippen LogP contribution in [0.3, 0.4) is 0 Å². The molecule has 0 radical (unpaired) electrons. The molecule has 5 heterocycles. The summed E-state index contributed by atoms with van der Waals surface area (Å²) < 4.78 is 88.0. The molecule has 27 atom stereocenters. The van der Waals surface area contributed by atoms with Gasteiger partial charge in [-0.3, -0.25) is 33.0 Å². The minimum absolute atomic E-state index is 0.125. The largest absolute Gasteiger partial charge is 0.510 e. The van der Waals surface area contributed by atoms with Crippen LogP contribution in [-0.4, -0.2) is 293 Å². The van der Waals surface area contributed by atoms with E-state index in [1.54, 1.807) is 13.0 Å². The fraction of sp³-hybridized carbons (Fsp3) is 0.759. The first-order chi connectivity index (χ1) is 43.9. The number of hydrogen-bond acceptors (Lipinski definition) is 32. The Kier molecular flexibility index (Phi) is 27.5. The zero-order valence-corrected chi connectivity index (χ0v) is 52.6. The van der Waals surface area contributed by atoms with Gasteiger partial charge in [-0.15, -0.1) is 0 Å². The molecular weight excluding hydrogens is 1290 g/mol. The second kappa shape index (κ2) is 33.2. The molecule has 0 aromatic carbocycles. The van der Waals surface area contributed by atoms with Crippen LogP contribution in [0, 0.1) is 0 Å². The number of rotatable bonds is 28. The van der Waals surface area contributed by atoms with Gasteiger partial charge in [0.05, 0.1) is 32.5 Å². The van der Waals surface area contributed by atoms with Gasteiger partial charge in [0.15, 0.2) is 67.8 Å². The summed E-state index contributed by atoms with van der Waals surface area (Å²) in [7, 11) is -5.81. The van der Waals surface area contributed by atoms with Crippen molar-refractivity contribution in [2.75, 3.05) is 26.4 Å². The number of Topliss-reactive ketones (excluding diaryl/α,β-unsaturated/α-hetero) is 1. The number of primary amides is 2. The number of hydrogen-bond donors (Lipinski definition) is 18. The molecule has 0 saturated carbocycles. The Morgan fingerprint density at radius 1 is 0.723 bits per heavy atom. The van der Waals surface area contributed by atoms with Crippen LogP contribution in [0.2, 0.25) is 0 Å². The van der Waals surface area contributed by atoms with Crippen molar-refractivity contribution in [3.63, 3.8) is 0 Å². The molecule has 6 rings (SSSR count). The summed E-state index contributed by atoms with van der Waals surface area (Å²) in [5.41, 5.74) is 9.42. The van der Waals surface area contributed by atoms with E-state index in [2.05, 4.69) is 16.0 Å². The van der Waals surface area contributed by atoms with Crippen LogP contribution < -0.4 is 27.4 Å². The van der Waals surface area contributed by atoms with Gasteiger partial charge in [-0.2, -0.15) is 0 Å². The van der Waals surface area contributed by atoms with E-state index in [0.29, 0.717) is 12.8 Å². The zero-order valence-electron chi connectivity index (χ0n) is 51.7. The summed E-state index contributed by atoms with van der Waals surface area (Å²) in [6.07, 6.45) is -46.2. The van der Waals surface area contributed by atoms with Gasteiger partial charge >= 0.3 is 19.9 Å². The average Bonchev–Trinajstić information content (AvgIpc) is 0.826. The van der Waals surface area contributed by atoms with Gasteiger partial charge in [-0.25, -0.2) is 14.2 Å². The predicted octanol–water partition coefficient (Wildman–Crippen LogP) is -7.06. The van der Waals surface area contributed by atoms with E-state index in [4.69, 9.17) is 72.6 Å². The monoisotopic (exact) mass is 1380 g/mol. The molecule has 5 aliphatic heterocycles. The highest BCUT2D eigenvalue weighted by Gasteiger charge is 2.62. The number of carbonyl (C=O) groups is 7. The van der Waals surface area contributed by atoms with Gasteiger partial charge in [0.25, 0.3) is 5.91 Å². The summed E-state index contributed by atoms with van der Waals surface area (Å²) in [4.78, 5) is 101. The van der Waals surface area contributed by atoms with Gasteiger partial charge in [-0.05, 0) is 47.5 Å². The van der Waals surface area contributed by atoms with Gasteiger partial charge in [0.1, 0.15) is 102 Å². The van der Waals surface area contributed by atoms with Gasteiger partial charge in [-0.1, -0.05) is 23.3 Å². The number of amides is 5. The number of aliphatic carboxylic acids is 1. The number of ketones is 1. The lowest BCUT2D eigenvalue weighted by atomic mass is 9.85. The number of ether oxygens (including phenoxy) is 11. The third kappa shape index (κ3) is 19.3. The van der Waals surface area contributed by atoms with E-state index < -0.39 is 240 Å². The number of carboxylic acid groups (broad SMARTS) is 1. The second-order valence-electron chi connectivity index (χ2n) is 23.4. The molecule has 40 heteroatoms. The van der Waals surface area contributed by atoms with Crippen LogP contribution >= 0.6 is 7.82 Å². The molecule has 0 aromatic rings. The molecule has 11 unspecified atom stereocenters. The quantitative estimate of drug-likeness (QED) is 0.0256. The van der Waals surface area contributed by atoms with Crippen molar-refractivity contribution in [1.29, 1.82) is 0 Å². The highest BCUT2D eigenvalue weighted by molar-refractivity contribution is 7.47. The fourth-order valence-electron chi connectivity index (χ4n) is 10.8. The number of carboxylic acids is 1. The number of phosphoric ester groups is 1. The Labute approximate surface area is 535 Å². The van der Waals surface area contributed by atoms with Crippen molar-refractivity contribution in [2.45, 2.75) is 233 Å². The number of carbonyl (C=O) groups excluding carboxylic acids is 6. The Hall–Kier alpha value is -5.38. The maximum Gasteiger partial charge on any atom is 0.474 e. The van der Waals surface area contributed by atoms with E-state index in [9.17, 15) is 104 Å². The molecule has 1 aliphatic carbocycles. The van der Waals surface area contributed by atoms with E-state index >= 15 is 0 Å². The number of phosphoric acid groups is 1. The van der Waals surface area contributed by atoms with Crippen LogP contribution in [-0.2, 0) is 94.5 Å². The summed E-state index contributed by atoms with van der Waals surface area (Å²) in [6, 6.07) is -3.98. The number of aliphatic hydroxyl groups is 11. The van der Waals surface area contributed by atoms with Gasteiger partial charge < -0.3 is 146 Å². The summed E-state index contributed by atoms with van der Waals surface area (Å²) in [5.74, 6) is -7.64. The molecule has 0 bridgehead atoms. The molecule has 5 fully saturated rings. The molecule has 39 nitrogen and oxygen atoms in total. The average molecular weight is 1380 g/mol. The van der Waals surface area contributed by atoms with Crippen LogP contribution in [0.4, 0.5) is 4.79 Å². The molecule has 5 amide bonds. The highest BCUT2D eigenvalue weighted by Crippen LogP contribution is 2.49. The van der Waals surface area contributed by atoms with Crippen molar-refractivity contribution < 1.29 is 165 Å².